The zero-order valence-corrected chi connectivity index (χ0v) is 8.63. The Kier molecular flexibility index (Phi) is 1.98. The Morgan fingerprint density at radius 1 is 0.824 bits per heavy atom. The largest absolute Gasteiger partial charge is 0.354 e. The van der Waals surface area contributed by atoms with E-state index in [1.165, 1.54) is 24.3 Å². The molecule has 0 unspecified atom stereocenters. The first kappa shape index (κ1) is 9.96. The quantitative estimate of drug-likeness (QED) is 0.593. The van der Waals surface area contributed by atoms with Crippen LogP contribution in [0.25, 0.3) is 21.8 Å². The van der Waals surface area contributed by atoms with Gasteiger partial charge in [-0.2, -0.15) is 0 Å². The smallest absolute Gasteiger partial charge is 0.197 e. The standard InChI is InChI=1S/C13H7F2NO/c14-7-1-3-11-9(5-7)13(17)10-6-8(15)2-4-12(10)16-11/h1-6H,(H,16,17). The lowest BCUT2D eigenvalue weighted by Gasteiger charge is -2.02. The first-order valence-electron chi connectivity index (χ1n) is 5.06. The van der Waals surface area contributed by atoms with Gasteiger partial charge in [0.2, 0.25) is 0 Å². The third kappa shape index (κ3) is 1.49. The predicted molar refractivity (Wildman–Crippen MR) is 62.0 cm³/mol. The van der Waals surface area contributed by atoms with Crippen LogP contribution in [0.3, 0.4) is 0 Å². The summed E-state index contributed by atoms with van der Waals surface area (Å²) in [5.74, 6) is -0.975. The molecule has 1 heterocycles. The van der Waals surface area contributed by atoms with Gasteiger partial charge in [-0.05, 0) is 36.4 Å². The normalized spacial score (nSPS) is 11.2. The van der Waals surface area contributed by atoms with E-state index in [0.717, 1.165) is 12.1 Å². The maximum Gasteiger partial charge on any atom is 0.197 e. The molecular weight excluding hydrogens is 224 g/mol. The van der Waals surface area contributed by atoms with E-state index in [0.29, 0.717) is 11.0 Å². The van der Waals surface area contributed by atoms with Crippen LogP contribution in [0, 0.1) is 11.6 Å². The fourth-order valence-electron chi connectivity index (χ4n) is 1.92. The molecule has 1 aromatic heterocycles. The lowest BCUT2D eigenvalue weighted by molar-refractivity contribution is 0.629. The number of H-pyrrole nitrogens is 1. The summed E-state index contributed by atoms with van der Waals surface area (Å²) in [5, 5.41) is 0.450. The van der Waals surface area contributed by atoms with Gasteiger partial charge >= 0.3 is 0 Å². The minimum Gasteiger partial charge on any atom is -0.354 e. The van der Waals surface area contributed by atoms with Crippen molar-refractivity contribution in [3.8, 4) is 0 Å². The van der Waals surface area contributed by atoms with E-state index in [4.69, 9.17) is 0 Å². The van der Waals surface area contributed by atoms with Gasteiger partial charge in [-0.3, -0.25) is 4.79 Å². The second-order valence-corrected chi connectivity index (χ2v) is 3.83. The van der Waals surface area contributed by atoms with Crippen LogP contribution in [0.2, 0.25) is 0 Å². The van der Waals surface area contributed by atoms with Gasteiger partial charge in [0.15, 0.2) is 5.43 Å². The van der Waals surface area contributed by atoms with Gasteiger partial charge in [0, 0.05) is 21.8 Å². The Morgan fingerprint density at radius 3 is 1.76 bits per heavy atom. The number of aromatic amines is 1. The number of aromatic nitrogens is 1. The van der Waals surface area contributed by atoms with Crippen molar-refractivity contribution in [2.24, 2.45) is 0 Å². The number of benzene rings is 2. The molecule has 17 heavy (non-hydrogen) atoms. The number of pyridine rings is 1. The average molecular weight is 231 g/mol. The number of halogens is 2. The highest BCUT2D eigenvalue weighted by atomic mass is 19.1. The number of nitrogens with one attached hydrogen (secondary N) is 1. The maximum absolute atomic E-state index is 13.1. The van der Waals surface area contributed by atoms with Crippen molar-refractivity contribution in [2.75, 3.05) is 0 Å². The summed E-state index contributed by atoms with van der Waals surface area (Å²) < 4.78 is 26.1. The summed E-state index contributed by atoms with van der Waals surface area (Å²) in [5.41, 5.74) is 0.707. The molecule has 2 aromatic carbocycles. The molecule has 0 spiro atoms. The highest BCUT2D eigenvalue weighted by Crippen LogP contribution is 2.16. The van der Waals surface area contributed by atoms with Gasteiger partial charge < -0.3 is 4.98 Å². The lowest BCUT2D eigenvalue weighted by atomic mass is 10.1. The zero-order chi connectivity index (χ0) is 12.0. The summed E-state index contributed by atoms with van der Waals surface area (Å²) in [7, 11) is 0. The van der Waals surface area contributed by atoms with E-state index in [1.807, 2.05) is 0 Å². The van der Waals surface area contributed by atoms with Crippen LogP contribution in [-0.4, -0.2) is 4.98 Å². The van der Waals surface area contributed by atoms with E-state index in [-0.39, 0.29) is 16.2 Å². The van der Waals surface area contributed by atoms with Gasteiger partial charge in [-0.25, -0.2) is 8.78 Å². The van der Waals surface area contributed by atoms with Crippen LogP contribution in [0.4, 0.5) is 8.78 Å². The van der Waals surface area contributed by atoms with Gasteiger partial charge in [0.05, 0.1) is 0 Å². The first-order chi connectivity index (χ1) is 8.15. The highest BCUT2D eigenvalue weighted by molar-refractivity contribution is 5.92. The van der Waals surface area contributed by atoms with Crippen molar-refractivity contribution in [2.45, 2.75) is 0 Å². The number of rotatable bonds is 0. The summed E-state index contributed by atoms with van der Waals surface area (Å²) in [4.78, 5) is 15.0. The molecule has 0 fully saturated rings. The van der Waals surface area contributed by atoms with E-state index >= 15 is 0 Å². The van der Waals surface area contributed by atoms with Gasteiger partial charge in [0.25, 0.3) is 0 Å². The van der Waals surface area contributed by atoms with Gasteiger partial charge in [-0.15, -0.1) is 0 Å². The van der Waals surface area contributed by atoms with Crippen LogP contribution in [0.5, 0.6) is 0 Å². The molecule has 0 aliphatic rings. The molecule has 4 heteroatoms. The Bertz CT molecular complexity index is 729. The van der Waals surface area contributed by atoms with E-state index in [2.05, 4.69) is 4.98 Å². The van der Waals surface area contributed by atoms with Crippen LogP contribution in [0.15, 0.2) is 41.2 Å². The van der Waals surface area contributed by atoms with Gasteiger partial charge in [0.1, 0.15) is 11.6 Å². The van der Waals surface area contributed by atoms with Crippen LogP contribution in [0.1, 0.15) is 0 Å². The van der Waals surface area contributed by atoms with Crippen LogP contribution < -0.4 is 5.43 Å². The number of fused-ring (bicyclic) bond motifs is 2. The molecule has 3 aromatic rings. The molecule has 0 saturated carbocycles. The average Bonchev–Trinajstić information content (AvgIpc) is 2.32. The summed E-state index contributed by atoms with van der Waals surface area (Å²) in [6.07, 6.45) is 0. The molecule has 1 N–H and O–H groups in total. The monoisotopic (exact) mass is 231 g/mol. The minimum absolute atomic E-state index is 0.225. The van der Waals surface area contributed by atoms with Gasteiger partial charge in [-0.1, -0.05) is 0 Å². The molecule has 3 rings (SSSR count). The first-order valence-corrected chi connectivity index (χ1v) is 5.06. The molecule has 0 amide bonds. The van der Waals surface area contributed by atoms with E-state index < -0.39 is 11.6 Å². The fraction of sp³-hybridized carbons (Fsp3) is 0. The topological polar surface area (TPSA) is 32.9 Å². The van der Waals surface area contributed by atoms with Crippen molar-refractivity contribution in [1.29, 1.82) is 0 Å². The van der Waals surface area contributed by atoms with E-state index in [1.54, 1.807) is 0 Å². The Morgan fingerprint density at radius 2 is 1.29 bits per heavy atom. The van der Waals surface area contributed by atoms with Crippen molar-refractivity contribution in [3.05, 3.63) is 58.3 Å². The lowest BCUT2D eigenvalue weighted by Crippen LogP contribution is -2.04. The van der Waals surface area contributed by atoms with Crippen molar-refractivity contribution < 1.29 is 8.78 Å². The molecule has 84 valence electrons. The third-order valence-corrected chi connectivity index (χ3v) is 2.72. The number of hydrogen-bond acceptors (Lipinski definition) is 1. The Hall–Kier alpha value is -2.23. The second kappa shape index (κ2) is 3.38. The molecule has 0 radical (unpaired) electrons. The van der Waals surface area contributed by atoms with Crippen molar-refractivity contribution >= 4 is 21.8 Å². The highest BCUT2D eigenvalue weighted by Gasteiger charge is 2.06. The fourth-order valence-corrected chi connectivity index (χ4v) is 1.92. The summed E-state index contributed by atoms with van der Waals surface area (Å²) in [6, 6.07) is 7.84. The molecule has 0 aliphatic carbocycles. The molecule has 0 bridgehead atoms. The van der Waals surface area contributed by atoms with Crippen molar-refractivity contribution in [1.82, 2.24) is 4.98 Å². The summed E-state index contributed by atoms with van der Waals surface area (Å²) in [6.45, 7) is 0. The third-order valence-electron chi connectivity index (χ3n) is 2.72. The van der Waals surface area contributed by atoms with Crippen molar-refractivity contribution in [3.63, 3.8) is 0 Å². The Balaban J connectivity index is 2.58. The summed E-state index contributed by atoms with van der Waals surface area (Å²) >= 11 is 0. The maximum atomic E-state index is 13.1. The molecule has 0 saturated heterocycles. The van der Waals surface area contributed by atoms with Crippen LogP contribution in [-0.2, 0) is 0 Å². The predicted octanol–water partition coefficient (Wildman–Crippen LogP) is 2.96. The minimum atomic E-state index is -0.487. The second-order valence-electron chi connectivity index (χ2n) is 3.83. The molecule has 2 nitrogen and oxygen atoms in total. The van der Waals surface area contributed by atoms with E-state index in [9.17, 15) is 13.6 Å². The zero-order valence-electron chi connectivity index (χ0n) is 8.63. The molecular formula is C13H7F2NO. The SMILES string of the molecule is O=c1c2cc(F)ccc2[nH]c2ccc(F)cc12. The molecule has 0 atom stereocenters. The molecule has 0 aliphatic heterocycles. The van der Waals surface area contributed by atoms with Crippen LogP contribution >= 0.6 is 0 Å². The Labute approximate surface area is 94.5 Å². The number of hydrogen-bond donors (Lipinski definition) is 1.